The summed E-state index contributed by atoms with van der Waals surface area (Å²) in [5, 5.41) is 28.0. The van der Waals surface area contributed by atoms with Gasteiger partial charge in [-0.1, -0.05) is 6.08 Å². The van der Waals surface area contributed by atoms with Gasteiger partial charge in [0.25, 0.3) is 0 Å². The highest BCUT2D eigenvalue weighted by atomic mass is 16.4. The molecule has 0 saturated carbocycles. The molecule has 21 heavy (non-hydrogen) atoms. The number of aromatic carboxylic acids is 1. The zero-order valence-corrected chi connectivity index (χ0v) is 10.5. The van der Waals surface area contributed by atoms with Crippen LogP contribution in [0.3, 0.4) is 0 Å². The molecule has 0 spiro atoms. The number of carboxylic acid groups (broad SMARTS) is 3. The molecule has 6 heteroatoms. The normalized spacial score (nSPS) is 14.3. The van der Waals surface area contributed by atoms with Crippen molar-refractivity contribution in [1.82, 2.24) is 0 Å². The van der Waals surface area contributed by atoms with Crippen LogP contribution in [-0.4, -0.2) is 33.2 Å². The summed E-state index contributed by atoms with van der Waals surface area (Å²) in [6.07, 6.45) is 5.58. The van der Waals surface area contributed by atoms with Crippen LogP contribution in [0.15, 0.2) is 17.7 Å². The summed E-state index contributed by atoms with van der Waals surface area (Å²) in [5.74, 6) is -3.56. The van der Waals surface area contributed by atoms with Crippen molar-refractivity contribution < 1.29 is 29.7 Å². The maximum Gasteiger partial charge on any atom is 0.336 e. The van der Waals surface area contributed by atoms with Crippen molar-refractivity contribution in [2.24, 2.45) is 0 Å². The van der Waals surface area contributed by atoms with Crippen LogP contribution >= 0.6 is 0 Å². The van der Waals surface area contributed by atoms with Crippen molar-refractivity contribution in [2.45, 2.75) is 0 Å². The van der Waals surface area contributed by atoms with Crippen LogP contribution in [-0.2, 0) is 9.59 Å². The van der Waals surface area contributed by atoms with Gasteiger partial charge in [-0.15, -0.1) is 0 Å². The van der Waals surface area contributed by atoms with E-state index in [0.29, 0.717) is 11.1 Å². The number of hydrogen-bond acceptors (Lipinski definition) is 3. The standard InChI is InChI=1S/C15H8O6/c16-13(17)6-3-9-7-1-2-8(14(18)19)11(7)5-12(15(20)21)10(9)4-6/h1-5H,(H,16,17)(H,18,19)(H,20,21). The molecule has 0 fully saturated rings. The third kappa shape index (κ3) is 1.77. The minimum absolute atomic E-state index is 0.00697. The first kappa shape index (κ1) is 12.9. The Labute approximate surface area is 117 Å². The Bertz CT molecular complexity index is 914. The molecule has 3 N–H and O–H groups in total. The molecule has 0 radical (unpaired) electrons. The number of aliphatic carboxylic acids is 2. The third-order valence-corrected chi connectivity index (χ3v) is 3.46. The van der Waals surface area contributed by atoms with Crippen molar-refractivity contribution in [3.63, 3.8) is 0 Å². The Morgan fingerprint density at radius 3 is 2.10 bits per heavy atom. The molecule has 3 rings (SSSR count). The molecule has 0 unspecified atom stereocenters. The van der Waals surface area contributed by atoms with Gasteiger partial charge in [0.15, 0.2) is 0 Å². The molecular weight excluding hydrogens is 276 g/mol. The first-order chi connectivity index (χ1) is 9.90. The lowest BCUT2D eigenvalue weighted by Crippen LogP contribution is -2.25. The van der Waals surface area contributed by atoms with Gasteiger partial charge in [0.2, 0.25) is 0 Å². The maximum atomic E-state index is 11.3. The monoisotopic (exact) mass is 284 g/mol. The second-order valence-electron chi connectivity index (χ2n) is 4.62. The van der Waals surface area contributed by atoms with E-state index < -0.39 is 17.9 Å². The Kier molecular flexibility index (Phi) is 2.56. The van der Waals surface area contributed by atoms with Gasteiger partial charge in [-0.2, -0.15) is 0 Å². The highest BCUT2D eigenvalue weighted by Crippen LogP contribution is 2.20. The Morgan fingerprint density at radius 1 is 0.810 bits per heavy atom. The molecule has 0 amide bonds. The zero-order valence-electron chi connectivity index (χ0n) is 10.5. The van der Waals surface area contributed by atoms with Gasteiger partial charge in [-0.05, 0) is 45.9 Å². The van der Waals surface area contributed by atoms with Gasteiger partial charge in [-0.3, -0.25) is 0 Å². The average Bonchev–Trinajstić information content (AvgIpc) is 3.00. The van der Waals surface area contributed by atoms with Gasteiger partial charge in [0.05, 0.1) is 16.7 Å². The lowest BCUT2D eigenvalue weighted by molar-refractivity contribution is -0.132. The van der Waals surface area contributed by atoms with E-state index in [2.05, 4.69) is 0 Å². The van der Waals surface area contributed by atoms with Gasteiger partial charge >= 0.3 is 17.9 Å². The molecule has 0 aliphatic heterocycles. The van der Waals surface area contributed by atoms with E-state index in [4.69, 9.17) is 10.2 Å². The molecule has 1 aromatic rings. The van der Waals surface area contributed by atoms with Crippen LogP contribution in [0.1, 0.15) is 21.5 Å². The lowest BCUT2D eigenvalue weighted by atomic mass is 10.00. The quantitative estimate of drug-likeness (QED) is 0.715. The topological polar surface area (TPSA) is 112 Å². The van der Waals surface area contributed by atoms with E-state index in [1.807, 2.05) is 0 Å². The molecule has 0 bridgehead atoms. The highest BCUT2D eigenvalue weighted by molar-refractivity contribution is 6.16. The van der Waals surface area contributed by atoms with Crippen LogP contribution < -0.4 is 10.4 Å². The number of benzene rings is 1. The second kappa shape index (κ2) is 4.17. The Morgan fingerprint density at radius 2 is 1.52 bits per heavy atom. The molecule has 2 aliphatic rings. The van der Waals surface area contributed by atoms with Crippen molar-refractivity contribution in [2.75, 3.05) is 0 Å². The van der Waals surface area contributed by atoms with Crippen LogP contribution in [0.25, 0.3) is 23.8 Å². The molecule has 0 heterocycles. The van der Waals surface area contributed by atoms with Crippen molar-refractivity contribution >= 4 is 41.7 Å². The van der Waals surface area contributed by atoms with Crippen LogP contribution in [0.2, 0.25) is 0 Å². The summed E-state index contributed by atoms with van der Waals surface area (Å²) in [7, 11) is 0. The fraction of sp³-hybridized carbons (Fsp3) is 0. The number of rotatable bonds is 3. The zero-order chi connectivity index (χ0) is 15.3. The lowest BCUT2D eigenvalue weighted by Gasteiger charge is -2.03. The van der Waals surface area contributed by atoms with Crippen molar-refractivity contribution in [3.8, 4) is 0 Å². The maximum absolute atomic E-state index is 11.3. The molecule has 2 aliphatic carbocycles. The number of carbonyl (C=O) groups is 3. The predicted octanol–water partition coefficient (Wildman–Crippen LogP) is -0.0910. The molecular formula is C15H8O6. The summed E-state index contributed by atoms with van der Waals surface area (Å²) < 4.78 is 0. The van der Waals surface area contributed by atoms with E-state index in [0.717, 1.165) is 0 Å². The van der Waals surface area contributed by atoms with Crippen molar-refractivity contribution in [1.29, 1.82) is 0 Å². The summed E-state index contributed by atoms with van der Waals surface area (Å²) >= 11 is 0. The van der Waals surface area contributed by atoms with E-state index in [1.165, 1.54) is 24.3 Å². The second-order valence-corrected chi connectivity index (χ2v) is 4.62. The minimum Gasteiger partial charge on any atom is -0.478 e. The summed E-state index contributed by atoms with van der Waals surface area (Å²) in [5.41, 5.74) is 0.805. The number of hydrogen-bond donors (Lipinski definition) is 3. The molecule has 6 nitrogen and oxygen atoms in total. The Hall–Kier alpha value is -3.15. The van der Waals surface area contributed by atoms with Gasteiger partial charge < -0.3 is 15.3 Å². The predicted molar refractivity (Wildman–Crippen MR) is 72.8 cm³/mol. The van der Waals surface area contributed by atoms with Crippen LogP contribution in [0, 0.1) is 0 Å². The first-order valence-electron chi connectivity index (χ1n) is 5.93. The number of fused-ring (bicyclic) bond motifs is 3. The molecule has 0 saturated heterocycles. The summed E-state index contributed by atoms with van der Waals surface area (Å²) in [4.78, 5) is 33.6. The Balaban J connectivity index is 2.45. The molecule has 1 aromatic carbocycles. The van der Waals surface area contributed by atoms with E-state index in [-0.39, 0.29) is 27.1 Å². The first-order valence-corrected chi connectivity index (χ1v) is 5.93. The van der Waals surface area contributed by atoms with Gasteiger partial charge in [0.1, 0.15) is 0 Å². The average molecular weight is 284 g/mol. The molecule has 104 valence electrons. The van der Waals surface area contributed by atoms with Gasteiger partial charge in [-0.25, -0.2) is 14.4 Å². The largest absolute Gasteiger partial charge is 0.478 e. The third-order valence-electron chi connectivity index (χ3n) is 3.46. The van der Waals surface area contributed by atoms with E-state index >= 15 is 0 Å². The van der Waals surface area contributed by atoms with Gasteiger partial charge in [0, 0.05) is 0 Å². The fourth-order valence-corrected chi connectivity index (χ4v) is 2.54. The fourth-order valence-electron chi connectivity index (χ4n) is 2.54. The van der Waals surface area contributed by atoms with Crippen LogP contribution in [0.5, 0.6) is 0 Å². The molecule has 0 atom stereocenters. The highest BCUT2D eigenvalue weighted by Gasteiger charge is 2.23. The summed E-state index contributed by atoms with van der Waals surface area (Å²) in [6.45, 7) is 0. The smallest absolute Gasteiger partial charge is 0.336 e. The summed E-state index contributed by atoms with van der Waals surface area (Å²) in [6, 6.07) is 1.27. The number of carboxylic acids is 3. The SMILES string of the molecule is O=C(O)C1=Cc2c3c(cc(C(=O)O)c2=C1)=C(C(=O)O)C=C3. The van der Waals surface area contributed by atoms with E-state index in [9.17, 15) is 19.5 Å². The van der Waals surface area contributed by atoms with Crippen LogP contribution in [0.4, 0.5) is 0 Å². The molecule has 0 aromatic heterocycles. The van der Waals surface area contributed by atoms with Crippen molar-refractivity contribution in [3.05, 3.63) is 44.8 Å². The van der Waals surface area contributed by atoms with E-state index in [1.54, 1.807) is 6.08 Å². The minimum atomic E-state index is -1.23.